The number of methoxy groups -OCH3 is 1. The number of thiocarbonyl (C=S) groups is 1. The maximum Gasteiger partial charge on any atom is 0.168 e. The van der Waals surface area contributed by atoms with Crippen LogP contribution in [0.2, 0.25) is 0 Å². The summed E-state index contributed by atoms with van der Waals surface area (Å²) in [5.74, 6) is 0.859. The zero-order valence-corrected chi connectivity index (χ0v) is 10.8. The van der Waals surface area contributed by atoms with Crippen LogP contribution < -0.4 is 20.7 Å². The van der Waals surface area contributed by atoms with Crippen LogP contribution >= 0.6 is 12.2 Å². The van der Waals surface area contributed by atoms with Crippen molar-refractivity contribution in [1.29, 1.82) is 0 Å². The molecule has 0 aromatic heterocycles. The van der Waals surface area contributed by atoms with E-state index in [0.717, 1.165) is 17.9 Å². The van der Waals surface area contributed by atoms with E-state index in [4.69, 9.17) is 17.0 Å². The third-order valence-corrected chi connectivity index (χ3v) is 2.94. The van der Waals surface area contributed by atoms with Gasteiger partial charge in [0.05, 0.1) is 7.11 Å². The molecule has 2 rings (SSSR count). The Hall–Kier alpha value is -1.49. The quantitative estimate of drug-likeness (QED) is 0.714. The number of nitrogens with one attached hydrogen (secondary N) is 3. The summed E-state index contributed by atoms with van der Waals surface area (Å²) in [6, 6.07) is 8.25. The van der Waals surface area contributed by atoms with Crippen LogP contribution in [-0.2, 0) is 0 Å². The molecule has 2 atom stereocenters. The zero-order chi connectivity index (χ0) is 12.3. The SMILES string of the molecule is COc1ccc(N[C@H]2C[C@H](C)NC(=S)N2)cc1. The first-order chi connectivity index (χ1) is 8.17. The Kier molecular flexibility index (Phi) is 3.68. The number of benzene rings is 1. The van der Waals surface area contributed by atoms with Crippen molar-refractivity contribution in [3.63, 3.8) is 0 Å². The highest BCUT2D eigenvalue weighted by Gasteiger charge is 2.19. The van der Waals surface area contributed by atoms with Gasteiger partial charge in [-0.2, -0.15) is 0 Å². The second kappa shape index (κ2) is 5.23. The van der Waals surface area contributed by atoms with Gasteiger partial charge in [0.2, 0.25) is 0 Å². The third-order valence-electron chi connectivity index (χ3n) is 2.70. The van der Waals surface area contributed by atoms with Gasteiger partial charge in [0, 0.05) is 18.2 Å². The minimum absolute atomic E-state index is 0.173. The lowest BCUT2D eigenvalue weighted by Gasteiger charge is -2.32. The minimum Gasteiger partial charge on any atom is -0.497 e. The van der Waals surface area contributed by atoms with Crippen LogP contribution in [0.25, 0.3) is 0 Å². The van der Waals surface area contributed by atoms with Gasteiger partial charge in [-0.3, -0.25) is 0 Å². The number of hydrogen-bond acceptors (Lipinski definition) is 3. The van der Waals surface area contributed by atoms with Crippen molar-refractivity contribution >= 4 is 23.0 Å². The molecule has 0 amide bonds. The first-order valence-electron chi connectivity index (χ1n) is 5.65. The highest BCUT2D eigenvalue weighted by Crippen LogP contribution is 2.16. The van der Waals surface area contributed by atoms with Crippen molar-refractivity contribution < 1.29 is 4.74 Å². The van der Waals surface area contributed by atoms with Gasteiger partial charge in [-0.05, 0) is 43.4 Å². The summed E-state index contributed by atoms with van der Waals surface area (Å²) in [4.78, 5) is 0. The highest BCUT2D eigenvalue weighted by atomic mass is 32.1. The topological polar surface area (TPSA) is 45.3 Å². The molecule has 92 valence electrons. The zero-order valence-electron chi connectivity index (χ0n) is 9.99. The average Bonchev–Trinajstić information content (AvgIpc) is 2.28. The molecule has 1 heterocycles. The first kappa shape index (κ1) is 12.0. The van der Waals surface area contributed by atoms with Crippen LogP contribution in [-0.4, -0.2) is 24.4 Å². The maximum absolute atomic E-state index is 5.13. The Bertz CT molecular complexity index is 393. The molecule has 1 aromatic carbocycles. The van der Waals surface area contributed by atoms with E-state index in [1.54, 1.807) is 7.11 Å². The molecule has 5 heteroatoms. The smallest absolute Gasteiger partial charge is 0.168 e. The molecule has 1 aliphatic rings. The summed E-state index contributed by atoms with van der Waals surface area (Å²) in [5.41, 5.74) is 1.06. The fourth-order valence-electron chi connectivity index (χ4n) is 1.88. The van der Waals surface area contributed by atoms with Gasteiger partial charge in [-0.15, -0.1) is 0 Å². The van der Waals surface area contributed by atoms with Crippen molar-refractivity contribution in [3.8, 4) is 5.75 Å². The van der Waals surface area contributed by atoms with E-state index in [0.29, 0.717) is 11.2 Å². The molecular weight excluding hydrogens is 234 g/mol. The Morgan fingerprint density at radius 2 is 2.00 bits per heavy atom. The lowest BCUT2D eigenvalue weighted by atomic mass is 10.1. The molecule has 0 bridgehead atoms. The highest BCUT2D eigenvalue weighted by molar-refractivity contribution is 7.80. The summed E-state index contributed by atoms with van der Waals surface area (Å²) in [6.07, 6.45) is 1.15. The maximum atomic E-state index is 5.13. The molecule has 1 fully saturated rings. The first-order valence-corrected chi connectivity index (χ1v) is 6.06. The standard InChI is InChI=1S/C12H17N3OS/c1-8-7-11(15-12(17)13-8)14-9-3-5-10(16-2)6-4-9/h3-6,8,11,14H,7H2,1-2H3,(H2,13,15,17)/t8-,11+/m0/s1. The molecule has 0 saturated carbocycles. The van der Waals surface area contributed by atoms with Gasteiger partial charge in [-0.25, -0.2) is 0 Å². The molecule has 1 aromatic rings. The normalized spacial score (nSPS) is 23.5. The van der Waals surface area contributed by atoms with Crippen LogP contribution in [0, 0.1) is 0 Å². The lowest BCUT2D eigenvalue weighted by molar-refractivity contribution is 0.415. The predicted molar refractivity (Wildman–Crippen MR) is 73.4 cm³/mol. The van der Waals surface area contributed by atoms with Gasteiger partial charge < -0.3 is 20.7 Å². The van der Waals surface area contributed by atoms with Gasteiger partial charge >= 0.3 is 0 Å². The molecule has 0 spiro atoms. The lowest BCUT2D eigenvalue weighted by Crippen LogP contribution is -2.55. The molecule has 0 unspecified atom stereocenters. The van der Waals surface area contributed by atoms with Gasteiger partial charge in [0.1, 0.15) is 11.9 Å². The molecule has 3 N–H and O–H groups in total. The number of ether oxygens (including phenoxy) is 1. The van der Waals surface area contributed by atoms with E-state index >= 15 is 0 Å². The Labute approximate surface area is 107 Å². The number of anilines is 1. The van der Waals surface area contributed by atoms with Gasteiger partial charge in [-0.1, -0.05) is 0 Å². The second-order valence-electron chi connectivity index (χ2n) is 4.18. The van der Waals surface area contributed by atoms with Crippen molar-refractivity contribution in [1.82, 2.24) is 10.6 Å². The Morgan fingerprint density at radius 3 is 2.59 bits per heavy atom. The Balaban J connectivity index is 1.97. The number of rotatable bonds is 3. The summed E-state index contributed by atoms with van der Waals surface area (Å²) in [7, 11) is 1.66. The van der Waals surface area contributed by atoms with E-state index in [9.17, 15) is 0 Å². The minimum atomic E-state index is 0.173. The van der Waals surface area contributed by atoms with Crippen LogP contribution in [0.4, 0.5) is 5.69 Å². The molecular formula is C12H17N3OS. The van der Waals surface area contributed by atoms with Crippen LogP contribution in [0.1, 0.15) is 13.3 Å². The molecule has 0 radical (unpaired) electrons. The molecule has 0 aliphatic carbocycles. The van der Waals surface area contributed by atoms with Crippen molar-refractivity contribution in [2.45, 2.75) is 25.6 Å². The Morgan fingerprint density at radius 1 is 1.29 bits per heavy atom. The molecule has 1 saturated heterocycles. The van der Waals surface area contributed by atoms with Crippen LogP contribution in [0.3, 0.4) is 0 Å². The average molecular weight is 251 g/mol. The predicted octanol–water partition coefficient (Wildman–Crippen LogP) is 1.69. The van der Waals surface area contributed by atoms with Crippen LogP contribution in [0.15, 0.2) is 24.3 Å². The van der Waals surface area contributed by atoms with E-state index in [-0.39, 0.29) is 6.17 Å². The summed E-state index contributed by atoms with van der Waals surface area (Å²) >= 11 is 5.13. The van der Waals surface area contributed by atoms with Crippen molar-refractivity contribution in [2.75, 3.05) is 12.4 Å². The summed E-state index contributed by atoms with van der Waals surface area (Å²) in [5, 5.41) is 10.5. The third kappa shape index (κ3) is 3.23. The van der Waals surface area contributed by atoms with Crippen LogP contribution in [0.5, 0.6) is 5.75 Å². The molecule has 1 aliphatic heterocycles. The second-order valence-corrected chi connectivity index (χ2v) is 4.59. The summed E-state index contributed by atoms with van der Waals surface area (Å²) < 4.78 is 5.12. The fourth-order valence-corrected chi connectivity index (χ4v) is 2.22. The van der Waals surface area contributed by atoms with Gasteiger partial charge in [0.15, 0.2) is 5.11 Å². The van der Waals surface area contributed by atoms with Gasteiger partial charge in [0.25, 0.3) is 0 Å². The summed E-state index contributed by atoms with van der Waals surface area (Å²) in [6.45, 7) is 2.12. The monoisotopic (exact) mass is 251 g/mol. The number of hydrogen-bond donors (Lipinski definition) is 3. The van der Waals surface area contributed by atoms with E-state index in [1.165, 1.54) is 0 Å². The molecule has 17 heavy (non-hydrogen) atoms. The largest absolute Gasteiger partial charge is 0.497 e. The van der Waals surface area contributed by atoms with Crippen molar-refractivity contribution in [2.24, 2.45) is 0 Å². The van der Waals surface area contributed by atoms with E-state index in [2.05, 4.69) is 22.9 Å². The fraction of sp³-hybridized carbons (Fsp3) is 0.417. The van der Waals surface area contributed by atoms with E-state index < -0.39 is 0 Å². The molecule has 4 nitrogen and oxygen atoms in total. The van der Waals surface area contributed by atoms with Crippen molar-refractivity contribution in [3.05, 3.63) is 24.3 Å². The van der Waals surface area contributed by atoms with E-state index in [1.807, 2.05) is 24.3 Å².